The lowest BCUT2D eigenvalue weighted by Gasteiger charge is -2.27. The number of ether oxygens (including phenoxy) is 3. The van der Waals surface area contributed by atoms with Gasteiger partial charge in [0.25, 0.3) is 5.69 Å². The van der Waals surface area contributed by atoms with E-state index in [1.165, 1.54) is 30.0 Å². The number of nitro benzene ring substituents is 1. The zero-order chi connectivity index (χ0) is 18.6. The normalized spacial score (nSPS) is 20.7. The summed E-state index contributed by atoms with van der Waals surface area (Å²) in [5, 5.41) is 11.4. The fraction of sp³-hybridized carbons (Fsp3) is 0.438. The molecular weight excluding hydrogens is 414 g/mol. The molecule has 0 spiro atoms. The van der Waals surface area contributed by atoms with Crippen molar-refractivity contribution in [1.82, 2.24) is 0 Å². The average molecular weight is 432 g/mol. The van der Waals surface area contributed by atoms with Gasteiger partial charge in [0.1, 0.15) is 10.7 Å². The molecular formula is C16H18BrNO6S. The Balaban J connectivity index is 1.98. The van der Waals surface area contributed by atoms with Crippen LogP contribution in [0.1, 0.15) is 27.2 Å². The van der Waals surface area contributed by atoms with Gasteiger partial charge in [-0.3, -0.25) is 10.1 Å². The van der Waals surface area contributed by atoms with E-state index in [0.717, 1.165) is 0 Å². The summed E-state index contributed by atoms with van der Waals surface area (Å²) in [5.41, 5.74) is -0.0243. The third-order valence-corrected chi connectivity index (χ3v) is 5.10. The highest BCUT2D eigenvalue weighted by Gasteiger charge is 2.36. The first-order chi connectivity index (χ1) is 11.7. The average Bonchev–Trinajstić information content (AvgIpc) is 2.90. The van der Waals surface area contributed by atoms with Gasteiger partial charge in [0, 0.05) is 18.6 Å². The molecule has 25 heavy (non-hydrogen) atoms. The molecule has 0 amide bonds. The van der Waals surface area contributed by atoms with Crippen molar-refractivity contribution in [3.05, 3.63) is 44.0 Å². The van der Waals surface area contributed by atoms with Gasteiger partial charge < -0.3 is 14.2 Å². The lowest BCUT2D eigenvalue weighted by molar-refractivity contribution is -0.384. The molecule has 9 heteroatoms. The molecule has 0 radical (unpaired) electrons. The maximum Gasteiger partial charge on any atom is 0.335 e. The Morgan fingerprint density at radius 3 is 2.84 bits per heavy atom. The highest BCUT2D eigenvalue weighted by atomic mass is 79.9. The number of nitrogens with zero attached hydrogens (tertiary/aromatic N) is 1. The fourth-order valence-corrected chi connectivity index (χ4v) is 3.71. The zero-order valence-corrected chi connectivity index (χ0v) is 16.4. The smallest absolute Gasteiger partial charge is 0.335 e. The standard InChI is InChI=1S/C16H18BrNO6S/c1-4-22-15(19)10(2)24-16(3)8-7-14(25-16)23-13-6-5-11(18(20)21)9-12(13)17/h5-7,9-10H,4,8H2,1-3H3. The van der Waals surface area contributed by atoms with Crippen molar-refractivity contribution in [1.29, 1.82) is 0 Å². The number of hydrogen-bond acceptors (Lipinski definition) is 7. The second-order valence-electron chi connectivity index (χ2n) is 5.45. The number of thioether (sulfide) groups is 1. The van der Waals surface area contributed by atoms with Crippen LogP contribution in [-0.4, -0.2) is 28.5 Å². The van der Waals surface area contributed by atoms with Crippen molar-refractivity contribution in [2.45, 2.75) is 38.2 Å². The van der Waals surface area contributed by atoms with Gasteiger partial charge in [0.2, 0.25) is 0 Å². The van der Waals surface area contributed by atoms with Crippen LogP contribution in [0.3, 0.4) is 0 Å². The zero-order valence-electron chi connectivity index (χ0n) is 14.0. The van der Waals surface area contributed by atoms with E-state index in [4.69, 9.17) is 14.2 Å². The Hall–Kier alpha value is -1.58. The number of benzene rings is 1. The molecule has 2 unspecified atom stereocenters. The van der Waals surface area contributed by atoms with E-state index < -0.39 is 21.9 Å². The van der Waals surface area contributed by atoms with Crippen molar-refractivity contribution >= 4 is 39.3 Å². The van der Waals surface area contributed by atoms with E-state index in [1.807, 2.05) is 13.0 Å². The second-order valence-corrected chi connectivity index (χ2v) is 7.77. The quantitative estimate of drug-likeness (QED) is 0.359. The van der Waals surface area contributed by atoms with Crippen LogP contribution in [0.25, 0.3) is 0 Å². The molecule has 7 nitrogen and oxygen atoms in total. The van der Waals surface area contributed by atoms with Crippen LogP contribution in [0.5, 0.6) is 5.75 Å². The summed E-state index contributed by atoms with van der Waals surface area (Å²) in [6, 6.07) is 4.29. The second kappa shape index (κ2) is 8.20. The molecule has 0 saturated carbocycles. The largest absolute Gasteiger partial charge is 0.464 e. The van der Waals surface area contributed by atoms with Crippen molar-refractivity contribution in [2.75, 3.05) is 6.61 Å². The molecule has 1 heterocycles. The number of carbonyl (C=O) groups is 1. The molecule has 0 N–H and O–H groups in total. The molecule has 0 bridgehead atoms. The summed E-state index contributed by atoms with van der Waals surface area (Å²) in [6.45, 7) is 5.56. The third kappa shape index (κ3) is 5.20. The van der Waals surface area contributed by atoms with E-state index in [2.05, 4.69) is 15.9 Å². The van der Waals surface area contributed by atoms with E-state index in [-0.39, 0.29) is 5.69 Å². The number of nitro groups is 1. The molecule has 136 valence electrons. The third-order valence-electron chi connectivity index (χ3n) is 3.34. The maximum absolute atomic E-state index is 11.7. The molecule has 0 fully saturated rings. The van der Waals surface area contributed by atoms with Gasteiger partial charge >= 0.3 is 5.97 Å². The van der Waals surface area contributed by atoms with Crippen LogP contribution < -0.4 is 4.74 Å². The van der Waals surface area contributed by atoms with Crippen molar-refractivity contribution in [3.63, 3.8) is 0 Å². The topological polar surface area (TPSA) is 87.9 Å². The van der Waals surface area contributed by atoms with Crippen molar-refractivity contribution in [3.8, 4) is 5.75 Å². The maximum atomic E-state index is 11.7. The number of hydrogen-bond donors (Lipinski definition) is 0. The summed E-state index contributed by atoms with van der Waals surface area (Å²) in [7, 11) is 0. The summed E-state index contributed by atoms with van der Waals surface area (Å²) in [5.74, 6) is 0.0591. The number of carbonyl (C=O) groups excluding carboxylic acids is 1. The van der Waals surface area contributed by atoms with Crippen molar-refractivity contribution in [2.24, 2.45) is 0 Å². The fourth-order valence-electron chi connectivity index (χ4n) is 2.18. The van der Waals surface area contributed by atoms with Crippen LogP contribution in [0.15, 0.2) is 33.8 Å². The molecule has 0 aromatic heterocycles. The number of esters is 1. The number of non-ortho nitro benzene ring substituents is 1. The molecule has 0 saturated heterocycles. The predicted molar refractivity (Wildman–Crippen MR) is 97.3 cm³/mol. The van der Waals surface area contributed by atoms with Gasteiger partial charge in [-0.25, -0.2) is 4.79 Å². The highest BCUT2D eigenvalue weighted by Crippen LogP contribution is 2.45. The first-order valence-corrected chi connectivity index (χ1v) is 9.20. The Labute approximate surface area is 158 Å². The Morgan fingerprint density at radius 2 is 2.24 bits per heavy atom. The molecule has 2 rings (SSSR count). The van der Waals surface area contributed by atoms with Gasteiger partial charge in [-0.05, 0) is 48.8 Å². The Morgan fingerprint density at radius 1 is 1.52 bits per heavy atom. The Kier molecular flexibility index (Phi) is 6.47. The van der Waals surface area contributed by atoms with Crippen LogP contribution in [0.4, 0.5) is 5.69 Å². The van der Waals surface area contributed by atoms with Gasteiger partial charge in [-0.15, -0.1) is 0 Å². The summed E-state index contributed by atoms with van der Waals surface area (Å²) >= 11 is 4.61. The van der Waals surface area contributed by atoms with Gasteiger partial charge in [0.05, 0.1) is 16.0 Å². The molecule has 1 aliphatic heterocycles. The number of halogens is 1. The van der Waals surface area contributed by atoms with Crippen LogP contribution in [0, 0.1) is 10.1 Å². The highest BCUT2D eigenvalue weighted by molar-refractivity contribution is 9.10. The van der Waals surface area contributed by atoms with Crippen LogP contribution in [0.2, 0.25) is 0 Å². The van der Waals surface area contributed by atoms with Crippen LogP contribution >= 0.6 is 27.7 Å². The minimum absolute atomic E-state index is 0.0243. The SMILES string of the molecule is CCOC(=O)C(C)OC1(C)CC=C(Oc2ccc([N+](=O)[O-])cc2Br)S1. The van der Waals surface area contributed by atoms with E-state index >= 15 is 0 Å². The van der Waals surface area contributed by atoms with E-state index in [9.17, 15) is 14.9 Å². The molecule has 0 aliphatic carbocycles. The first-order valence-electron chi connectivity index (χ1n) is 7.59. The molecule has 1 aromatic rings. The number of rotatable bonds is 7. The van der Waals surface area contributed by atoms with Gasteiger partial charge in [-0.1, -0.05) is 11.8 Å². The summed E-state index contributed by atoms with van der Waals surface area (Å²) in [4.78, 5) is 21.4. The monoisotopic (exact) mass is 431 g/mol. The van der Waals surface area contributed by atoms with Crippen molar-refractivity contribution < 1.29 is 23.9 Å². The minimum Gasteiger partial charge on any atom is -0.464 e. The first kappa shape index (κ1) is 19.7. The predicted octanol–water partition coefficient (Wildman–Crippen LogP) is 4.40. The van der Waals surface area contributed by atoms with E-state index in [0.29, 0.717) is 28.3 Å². The van der Waals surface area contributed by atoms with Gasteiger partial charge in [-0.2, -0.15) is 0 Å². The summed E-state index contributed by atoms with van der Waals surface area (Å²) < 4.78 is 17.0. The van der Waals surface area contributed by atoms with E-state index in [1.54, 1.807) is 13.8 Å². The summed E-state index contributed by atoms with van der Waals surface area (Å²) in [6.07, 6.45) is 1.73. The molecule has 2 atom stereocenters. The molecule has 1 aromatic carbocycles. The minimum atomic E-state index is -0.684. The lowest BCUT2D eigenvalue weighted by atomic mass is 10.2. The lowest BCUT2D eigenvalue weighted by Crippen LogP contribution is -2.33. The molecule has 1 aliphatic rings. The van der Waals surface area contributed by atoms with Crippen LogP contribution in [-0.2, 0) is 14.3 Å². The Bertz CT molecular complexity index is 710. The van der Waals surface area contributed by atoms with Gasteiger partial charge in [0.15, 0.2) is 11.2 Å².